The number of hydrogen-bond donors (Lipinski definition) is 0. The van der Waals surface area contributed by atoms with Crippen LogP contribution in [-0.4, -0.2) is 19.6 Å². The predicted octanol–water partition coefficient (Wildman–Crippen LogP) is 3.98. The van der Waals surface area contributed by atoms with Gasteiger partial charge >= 0.3 is 21.1 Å². The second-order valence-electron chi connectivity index (χ2n) is 6.41. The third-order valence-electron chi connectivity index (χ3n) is 4.34. The van der Waals surface area contributed by atoms with Crippen molar-refractivity contribution in [2.45, 2.75) is 19.3 Å². The Labute approximate surface area is 167 Å². The van der Waals surface area contributed by atoms with Crippen LogP contribution in [0.3, 0.4) is 0 Å². The normalized spacial score (nSPS) is 11.2. The van der Waals surface area contributed by atoms with Crippen LogP contribution in [0.4, 0.5) is 0 Å². The van der Waals surface area contributed by atoms with Crippen molar-refractivity contribution >= 4 is 0 Å². The fraction of sp³-hybridized carbons (Fsp3) is 0.143. The van der Waals surface area contributed by atoms with Crippen molar-refractivity contribution in [1.29, 1.82) is 0 Å². The first-order chi connectivity index (χ1) is 12.1. The molecule has 5 heteroatoms. The molecule has 0 radical (unpaired) electrons. The summed E-state index contributed by atoms with van der Waals surface area (Å²) in [6.07, 6.45) is 3.93. The largest absolute Gasteiger partial charge is 2.00 e. The summed E-state index contributed by atoms with van der Waals surface area (Å²) in [5, 5.41) is 9.48. The summed E-state index contributed by atoms with van der Waals surface area (Å²) in [6.45, 7) is 4.27. The third kappa shape index (κ3) is 3.42. The molecule has 0 aliphatic heterocycles. The van der Waals surface area contributed by atoms with Crippen molar-refractivity contribution in [1.82, 2.24) is 19.6 Å². The van der Waals surface area contributed by atoms with Crippen molar-refractivity contribution in [3.05, 3.63) is 96.6 Å². The molecule has 0 N–H and O–H groups in total. The minimum Gasteiger partial charge on any atom is -0.265 e. The van der Waals surface area contributed by atoms with Gasteiger partial charge in [-0.15, -0.1) is 12.1 Å². The molecule has 0 aliphatic carbocycles. The average molecular weight is 521 g/mol. The number of aromatic nitrogens is 4. The topological polar surface area (TPSA) is 35.6 Å². The fourth-order valence-corrected chi connectivity index (χ4v) is 2.77. The molecule has 0 spiro atoms. The second-order valence-corrected chi connectivity index (χ2v) is 6.41. The molecule has 4 nitrogen and oxygen atoms in total. The first-order valence-electron chi connectivity index (χ1n) is 8.21. The van der Waals surface area contributed by atoms with Crippen LogP contribution in [0.2, 0.25) is 0 Å². The van der Waals surface area contributed by atoms with Crippen LogP contribution in [0.5, 0.6) is 0 Å². The molecule has 0 aliphatic rings. The van der Waals surface area contributed by atoms with E-state index in [1.807, 2.05) is 82.4 Å². The SMILES string of the molecule is CC(C)(c1ccn(-c2[c-]cccc2)n1)c1ccn(-c2[c-]cccc2)n1.[Pt+2]. The molecule has 0 atom stereocenters. The summed E-state index contributed by atoms with van der Waals surface area (Å²) >= 11 is 0. The van der Waals surface area contributed by atoms with Crippen molar-refractivity contribution in [2.24, 2.45) is 0 Å². The summed E-state index contributed by atoms with van der Waals surface area (Å²) < 4.78 is 3.69. The zero-order valence-electron chi connectivity index (χ0n) is 14.5. The van der Waals surface area contributed by atoms with E-state index in [0.29, 0.717) is 0 Å². The maximum absolute atomic E-state index is 4.74. The van der Waals surface area contributed by atoms with E-state index >= 15 is 0 Å². The Morgan fingerprint density at radius 1 is 0.731 bits per heavy atom. The molecule has 4 aromatic rings. The monoisotopic (exact) mass is 521 g/mol. The first-order valence-corrected chi connectivity index (χ1v) is 8.21. The minimum absolute atomic E-state index is 0. The molecule has 2 aromatic heterocycles. The first kappa shape index (κ1) is 18.3. The van der Waals surface area contributed by atoms with Gasteiger partial charge in [-0.05, 0) is 37.4 Å². The molecule has 0 fully saturated rings. The van der Waals surface area contributed by atoms with Crippen molar-refractivity contribution < 1.29 is 21.1 Å². The summed E-state index contributed by atoms with van der Waals surface area (Å²) in [7, 11) is 0. The Hall–Kier alpha value is -2.45. The van der Waals surface area contributed by atoms with Crippen LogP contribution in [0.25, 0.3) is 11.4 Å². The Kier molecular flexibility index (Phi) is 5.24. The molecule has 0 saturated heterocycles. The molecular weight excluding hydrogens is 503 g/mol. The van der Waals surface area contributed by atoms with Gasteiger partial charge in [0.1, 0.15) is 0 Å². The summed E-state index contributed by atoms with van der Waals surface area (Å²) in [4.78, 5) is 0. The molecule has 4 rings (SSSR count). The van der Waals surface area contributed by atoms with Gasteiger partial charge < -0.3 is 0 Å². The van der Waals surface area contributed by atoms with Gasteiger partial charge in [-0.2, -0.15) is 58.7 Å². The van der Waals surface area contributed by atoms with Gasteiger partial charge in [-0.1, -0.05) is 0 Å². The van der Waals surface area contributed by atoms with Crippen LogP contribution in [-0.2, 0) is 26.5 Å². The van der Waals surface area contributed by atoms with E-state index in [4.69, 9.17) is 10.2 Å². The van der Waals surface area contributed by atoms with Gasteiger partial charge in [-0.25, -0.2) is 0 Å². The molecule has 0 amide bonds. The molecule has 0 unspecified atom stereocenters. The minimum atomic E-state index is -0.305. The van der Waals surface area contributed by atoms with Crippen molar-refractivity contribution in [3.63, 3.8) is 0 Å². The fourth-order valence-electron chi connectivity index (χ4n) is 2.77. The maximum atomic E-state index is 4.74. The van der Waals surface area contributed by atoms with E-state index in [-0.39, 0.29) is 26.5 Å². The predicted molar refractivity (Wildman–Crippen MR) is 96.9 cm³/mol. The second kappa shape index (κ2) is 7.43. The van der Waals surface area contributed by atoms with Gasteiger partial charge in [0.15, 0.2) is 0 Å². The zero-order valence-corrected chi connectivity index (χ0v) is 16.8. The van der Waals surface area contributed by atoms with Gasteiger partial charge in [0.25, 0.3) is 0 Å². The van der Waals surface area contributed by atoms with Crippen LogP contribution in [0.15, 0.2) is 73.1 Å². The van der Waals surface area contributed by atoms with Gasteiger partial charge in [0.2, 0.25) is 0 Å². The van der Waals surface area contributed by atoms with Gasteiger partial charge in [0, 0.05) is 12.4 Å². The van der Waals surface area contributed by atoms with Gasteiger partial charge in [-0.3, -0.25) is 9.36 Å². The Balaban J connectivity index is 0.00000196. The van der Waals surface area contributed by atoms with E-state index in [1.54, 1.807) is 0 Å². The summed E-state index contributed by atoms with van der Waals surface area (Å²) in [6, 6.07) is 26.1. The van der Waals surface area contributed by atoms with Crippen molar-refractivity contribution in [3.8, 4) is 11.4 Å². The average Bonchev–Trinajstić information content (AvgIpc) is 3.34. The Morgan fingerprint density at radius 3 is 1.58 bits per heavy atom. The van der Waals surface area contributed by atoms with Crippen LogP contribution >= 0.6 is 0 Å². The third-order valence-corrected chi connectivity index (χ3v) is 4.34. The van der Waals surface area contributed by atoms with E-state index in [2.05, 4.69) is 26.0 Å². The number of benzene rings is 2. The van der Waals surface area contributed by atoms with Crippen molar-refractivity contribution in [2.75, 3.05) is 0 Å². The number of para-hydroxylation sites is 2. The Bertz CT molecular complexity index is 892. The van der Waals surface area contributed by atoms with E-state index in [9.17, 15) is 0 Å². The molecular formula is C21H18N4Pt. The molecule has 0 saturated carbocycles. The van der Waals surface area contributed by atoms with Crippen LogP contribution in [0.1, 0.15) is 25.2 Å². The number of nitrogens with zero attached hydrogens (tertiary/aromatic N) is 4. The molecule has 2 aromatic carbocycles. The molecule has 132 valence electrons. The quantitative estimate of drug-likeness (QED) is 0.381. The van der Waals surface area contributed by atoms with Gasteiger partial charge in [0.05, 0.1) is 16.8 Å². The molecule has 0 bridgehead atoms. The van der Waals surface area contributed by atoms with E-state index < -0.39 is 0 Å². The zero-order chi connectivity index (χ0) is 17.3. The number of hydrogen-bond acceptors (Lipinski definition) is 2. The maximum Gasteiger partial charge on any atom is 2.00 e. The van der Waals surface area contributed by atoms with Crippen LogP contribution < -0.4 is 0 Å². The van der Waals surface area contributed by atoms with Crippen LogP contribution in [0, 0.1) is 12.1 Å². The number of rotatable bonds is 4. The summed E-state index contributed by atoms with van der Waals surface area (Å²) in [5.74, 6) is 0. The summed E-state index contributed by atoms with van der Waals surface area (Å²) in [5.41, 5.74) is 3.47. The van der Waals surface area contributed by atoms with E-state index in [0.717, 1.165) is 22.8 Å². The molecule has 2 heterocycles. The Morgan fingerprint density at radius 2 is 1.19 bits per heavy atom. The molecule has 26 heavy (non-hydrogen) atoms. The smallest absolute Gasteiger partial charge is 0.265 e. The van der Waals surface area contributed by atoms with E-state index in [1.165, 1.54) is 0 Å². The standard InChI is InChI=1S/C21H18N4.Pt/c1-21(2,19-13-15-24(22-19)17-9-5-3-6-10-17)20-14-16-25(23-20)18-11-7-4-8-12-18;/h3-9,11,13-16H,1-2H3;/q-2;+2.